The highest BCUT2D eigenvalue weighted by atomic mass is 28.3. The SMILES string of the molecule is COc1ccc2c(n1)CCN(C(=O)O)[C@H]2C(=O)Nc1cc(F)c([Si](C)(C)C)c(F)c1. The van der Waals surface area contributed by atoms with Gasteiger partial charge in [0, 0.05) is 35.5 Å². The largest absolute Gasteiger partial charge is 0.481 e. The van der Waals surface area contributed by atoms with Crippen LogP contribution in [-0.2, 0) is 11.2 Å². The second kappa shape index (κ2) is 8.02. The molecule has 2 N–H and O–H groups in total. The standard InChI is InChI=1S/C20H23F2N3O4Si/c1-29-16-6-5-12-15(24-16)7-8-25(20(27)28)17(12)19(26)23-11-9-13(21)18(14(22)10-11)30(2,3)4/h5-6,9-10,17H,7-8H2,1-4H3,(H,23,26)(H,27,28)/t17-/m1/s1. The Morgan fingerprint density at radius 2 is 1.87 bits per heavy atom. The van der Waals surface area contributed by atoms with Crippen LogP contribution in [0, 0.1) is 11.6 Å². The van der Waals surface area contributed by atoms with E-state index in [2.05, 4.69) is 10.3 Å². The molecule has 0 radical (unpaired) electrons. The maximum Gasteiger partial charge on any atom is 0.408 e. The van der Waals surface area contributed by atoms with Crippen LogP contribution in [0.25, 0.3) is 0 Å². The van der Waals surface area contributed by atoms with Gasteiger partial charge in [0.05, 0.1) is 20.9 Å². The molecule has 0 fully saturated rings. The zero-order valence-electron chi connectivity index (χ0n) is 17.1. The van der Waals surface area contributed by atoms with Crippen LogP contribution in [-0.4, -0.2) is 48.7 Å². The summed E-state index contributed by atoms with van der Waals surface area (Å²) in [5, 5.41) is 12.1. The summed E-state index contributed by atoms with van der Waals surface area (Å²) in [5.74, 6) is -1.82. The van der Waals surface area contributed by atoms with Crippen LogP contribution in [0.15, 0.2) is 24.3 Å². The van der Waals surface area contributed by atoms with E-state index >= 15 is 0 Å². The number of rotatable bonds is 4. The predicted molar refractivity (Wildman–Crippen MR) is 110 cm³/mol. The third kappa shape index (κ3) is 4.13. The van der Waals surface area contributed by atoms with Gasteiger partial charge in [0.15, 0.2) is 0 Å². The summed E-state index contributed by atoms with van der Waals surface area (Å²) in [6.07, 6.45) is -0.959. The number of halogens is 2. The van der Waals surface area contributed by atoms with Crippen molar-refractivity contribution in [3.8, 4) is 5.88 Å². The van der Waals surface area contributed by atoms with Gasteiger partial charge in [0.25, 0.3) is 5.91 Å². The Labute approximate surface area is 173 Å². The predicted octanol–water partition coefficient (Wildman–Crippen LogP) is 3.13. The number of carboxylic acid groups (broad SMARTS) is 1. The van der Waals surface area contributed by atoms with Gasteiger partial charge in [-0.15, -0.1) is 0 Å². The summed E-state index contributed by atoms with van der Waals surface area (Å²) in [6.45, 7) is 5.50. The Balaban J connectivity index is 1.96. The van der Waals surface area contributed by atoms with Gasteiger partial charge in [-0.1, -0.05) is 19.6 Å². The average Bonchev–Trinajstić information content (AvgIpc) is 2.64. The van der Waals surface area contributed by atoms with E-state index in [1.54, 1.807) is 6.07 Å². The summed E-state index contributed by atoms with van der Waals surface area (Å²) < 4.78 is 34.2. The second-order valence-corrected chi connectivity index (χ2v) is 13.1. The molecule has 0 spiro atoms. The summed E-state index contributed by atoms with van der Waals surface area (Å²) in [5.41, 5.74) is 0.871. The first-order valence-electron chi connectivity index (χ1n) is 9.36. The lowest BCUT2D eigenvalue weighted by atomic mass is 9.96. The van der Waals surface area contributed by atoms with E-state index in [1.807, 2.05) is 19.6 Å². The second-order valence-electron chi connectivity index (χ2n) is 8.07. The van der Waals surface area contributed by atoms with Gasteiger partial charge in [-0.3, -0.25) is 9.69 Å². The molecule has 0 saturated carbocycles. The number of nitrogens with one attached hydrogen (secondary N) is 1. The normalized spacial score (nSPS) is 16.1. The zero-order chi connectivity index (χ0) is 22.2. The number of hydrogen-bond acceptors (Lipinski definition) is 4. The van der Waals surface area contributed by atoms with Crippen molar-refractivity contribution in [1.29, 1.82) is 0 Å². The van der Waals surface area contributed by atoms with Crippen LogP contribution in [0.3, 0.4) is 0 Å². The first-order chi connectivity index (χ1) is 14.0. The molecule has 2 heterocycles. The highest BCUT2D eigenvalue weighted by Crippen LogP contribution is 2.31. The van der Waals surface area contributed by atoms with Crippen molar-refractivity contribution in [3.63, 3.8) is 0 Å². The molecule has 0 unspecified atom stereocenters. The molecule has 3 rings (SSSR count). The van der Waals surface area contributed by atoms with Gasteiger partial charge >= 0.3 is 6.09 Å². The fourth-order valence-corrected chi connectivity index (χ4v) is 5.22. The van der Waals surface area contributed by atoms with Crippen LogP contribution in [0.5, 0.6) is 5.88 Å². The number of nitrogens with zero attached hydrogens (tertiary/aromatic N) is 2. The first kappa shape index (κ1) is 21.7. The van der Waals surface area contributed by atoms with Gasteiger partial charge in [-0.25, -0.2) is 18.6 Å². The van der Waals surface area contributed by atoms with E-state index in [0.717, 1.165) is 17.0 Å². The highest BCUT2D eigenvalue weighted by Gasteiger charge is 2.37. The van der Waals surface area contributed by atoms with E-state index in [4.69, 9.17) is 4.74 Å². The monoisotopic (exact) mass is 435 g/mol. The summed E-state index contributed by atoms with van der Waals surface area (Å²) in [7, 11) is -0.812. The fourth-order valence-electron chi connectivity index (χ4n) is 3.64. The van der Waals surface area contributed by atoms with E-state index in [-0.39, 0.29) is 17.4 Å². The molecule has 1 aromatic carbocycles. The minimum atomic E-state index is -2.27. The lowest BCUT2D eigenvalue weighted by Crippen LogP contribution is -2.45. The van der Waals surface area contributed by atoms with Crippen molar-refractivity contribution in [3.05, 3.63) is 47.2 Å². The number of amides is 2. The molecule has 1 aromatic heterocycles. The summed E-state index contributed by atoms with van der Waals surface area (Å²) >= 11 is 0. The van der Waals surface area contributed by atoms with Crippen molar-refractivity contribution in [2.75, 3.05) is 19.0 Å². The molecular weight excluding hydrogens is 412 g/mol. The molecule has 2 amide bonds. The molecule has 1 aliphatic heterocycles. The number of aromatic nitrogens is 1. The van der Waals surface area contributed by atoms with Crippen molar-refractivity contribution < 1.29 is 28.2 Å². The number of pyridine rings is 1. The highest BCUT2D eigenvalue weighted by molar-refractivity contribution is 6.88. The van der Waals surface area contributed by atoms with Crippen molar-refractivity contribution in [2.45, 2.75) is 32.1 Å². The Hall–Kier alpha value is -3.01. The van der Waals surface area contributed by atoms with E-state index < -0.39 is 37.8 Å². The summed E-state index contributed by atoms with van der Waals surface area (Å²) in [4.78, 5) is 30.0. The van der Waals surface area contributed by atoms with Gasteiger partial charge in [0.2, 0.25) is 5.88 Å². The van der Waals surface area contributed by atoms with E-state index in [9.17, 15) is 23.5 Å². The molecule has 30 heavy (non-hydrogen) atoms. The smallest absolute Gasteiger partial charge is 0.408 e. The van der Waals surface area contributed by atoms with Crippen molar-refractivity contribution in [1.82, 2.24) is 9.88 Å². The number of anilines is 1. The molecule has 0 saturated heterocycles. The molecule has 7 nitrogen and oxygen atoms in total. The maximum absolute atomic E-state index is 14.5. The molecule has 160 valence electrons. The van der Waals surface area contributed by atoms with E-state index in [0.29, 0.717) is 23.6 Å². The molecule has 0 bridgehead atoms. The summed E-state index contributed by atoms with van der Waals surface area (Å²) in [6, 6.07) is 4.04. The quantitative estimate of drug-likeness (QED) is 0.720. The van der Waals surface area contributed by atoms with Crippen molar-refractivity contribution in [2.24, 2.45) is 0 Å². The molecule has 0 aliphatic carbocycles. The topological polar surface area (TPSA) is 91.8 Å². The Morgan fingerprint density at radius 1 is 1.23 bits per heavy atom. The fraction of sp³-hybridized carbons (Fsp3) is 0.350. The third-order valence-corrected chi connectivity index (χ3v) is 6.92. The number of methoxy groups -OCH3 is 1. The van der Waals surface area contributed by atoms with Crippen molar-refractivity contribution >= 4 is 30.9 Å². The molecular formula is C20H23F2N3O4Si. The minimum absolute atomic E-state index is 0.0481. The first-order valence-corrected chi connectivity index (χ1v) is 12.9. The molecule has 1 atom stereocenters. The Bertz CT molecular complexity index is 987. The third-order valence-electron chi connectivity index (χ3n) is 4.94. The number of ether oxygens (including phenoxy) is 1. The molecule has 1 aliphatic rings. The minimum Gasteiger partial charge on any atom is -0.481 e. The van der Waals surface area contributed by atoms with Crippen LogP contribution in [0.1, 0.15) is 17.3 Å². The Kier molecular flexibility index (Phi) is 5.80. The van der Waals surface area contributed by atoms with Crippen LogP contribution in [0.2, 0.25) is 19.6 Å². The zero-order valence-corrected chi connectivity index (χ0v) is 18.1. The van der Waals surface area contributed by atoms with Gasteiger partial charge in [-0.05, 0) is 18.2 Å². The van der Waals surface area contributed by atoms with Crippen LogP contribution in [0.4, 0.5) is 19.3 Å². The average molecular weight is 436 g/mol. The number of carbonyl (C=O) groups excluding carboxylic acids is 1. The maximum atomic E-state index is 14.5. The van der Waals surface area contributed by atoms with Crippen LogP contribution < -0.4 is 15.2 Å². The Morgan fingerprint density at radius 3 is 2.40 bits per heavy atom. The number of fused-ring (bicyclic) bond motifs is 1. The van der Waals surface area contributed by atoms with E-state index in [1.165, 1.54) is 13.2 Å². The lowest BCUT2D eigenvalue weighted by Gasteiger charge is -2.33. The molecule has 2 aromatic rings. The number of benzene rings is 1. The van der Waals surface area contributed by atoms with Gasteiger partial charge in [0.1, 0.15) is 17.7 Å². The number of carbonyl (C=O) groups is 2. The van der Waals surface area contributed by atoms with Gasteiger partial charge < -0.3 is 15.2 Å². The number of hydrogen-bond donors (Lipinski definition) is 2. The van der Waals surface area contributed by atoms with Gasteiger partial charge in [-0.2, -0.15) is 0 Å². The molecule has 10 heteroatoms. The lowest BCUT2D eigenvalue weighted by molar-refractivity contribution is -0.121. The van der Waals surface area contributed by atoms with Crippen LogP contribution >= 0.6 is 0 Å².